The second-order valence-corrected chi connectivity index (χ2v) is 7.01. The van der Waals surface area contributed by atoms with Gasteiger partial charge in [-0.25, -0.2) is 9.67 Å². The van der Waals surface area contributed by atoms with E-state index in [-0.39, 0.29) is 5.91 Å². The Kier molecular flexibility index (Phi) is 5.44. The standard InChI is InChI=1S/C21H17N5O2S/c1-15-23-19(26-12-3-11-22-26)14-21(24-15)28-17-7-5-16(6-8-17)25-20(27)10-9-18-4-2-13-29-18/h2-14H,1H3,(H,25,27)/b10-9+. The van der Waals surface area contributed by atoms with Gasteiger partial charge in [0.05, 0.1) is 0 Å². The number of nitrogens with one attached hydrogen (secondary N) is 1. The SMILES string of the molecule is Cc1nc(Oc2ccc(NC(=O)/C=C/c3cccs3)cc2)cc(-n2cccn2)n1. The van der Waals surface area contributed by atoms with E-state index in [1.807, 2.05) is 23.6 Å². The number of aromatic nitrogens is 4. The highest BCUT2D eigenvalue weighted by molar-refractivity contribution is 7.10. The third kappa shape index (κ3) is 4.94. The lowest BCUT2D eigenvalue weighted by atomic mass is 10.3. The van der Waals surface area contributed by atoms with Crippen molar-refractivity contribution < 1.29 is 9.53 Å². The first-order valence-corrected chi connectivity index (χ1v) is 9.70. The lowest BCUT2D eigenvalue weighted by Crippen LogP contribution is -2.07. The number of hydrogen-bond donors (Lipinski definition) is 1. The van der Waals surface area contributed by atoms with Gasteiger partial charge in [-0.05, 0) is 54.8 Å². The van der Waals surface area contributed by atoms with Gasteiger partial charge >= 0.3 is 0 Å². The Bertz CT molecular complexity index is 1120. The van der Waals surface area contributed by atoms with Gasteiger partial charge in [0, 0.05) is 35.1 Å². The third-order valence-corrected chi connectivity index (χ3v) is 4.66. The second-order valence-electron chi connectivity index (χ2n) is 6.03. The first-order valence-electron chi connectivity index (χ1n) is 8.82. The molecule has 7 nitrogen and oxygen atoms in total. The Balaban J connectivity index is 1.41. The minimum Gasteiger partial charge on any atom is -0.439 e. The smallest absolute Gasteiger partial charge is 0.248 e. The lowest BCUT2D eigenvalue weighted by molar-refractivity contribution is -0.111. The first-order chi connectivity index (χ1) is 14.2. The monoisotopic (exact) mass is 403 g/mol. The summed E-state index contributed by atoms with van der Waals surface area (Å²) in [7, 11) is 0. The van der Waals surface area contributed by atoms with Crippen LogP contribution in [0, 0.1) is 6.92 Å². The summed E-state index contributed by atoms with van der Waals surface area (Å²) in [5, 5.41) is 8.96. The molecule has 8 heteroatoms. The summed E-state index contributed by atoms with van der Waals surface area (Å²) in [5.74, 6) is 2.02. The number of aryl methyl sites for hydroxylation is 1. The van der Waals surface area contributed by atoms with E-state index < -0.39 is 0 Å². The molecule has 0 saturated carbocycles. The zero-order chi connectivity index (χ0) is 20.1. The van der Waals surface area contributed by atoms with Crippen molar-refractivity contribution in [2.45, 2.75) is 6.92 Å². The molecule has 29 heavy (non-hydrogen) atoms. The van der Waals surface area contributed by atoms with Gasteiger partial charge in [0.2, 0.25) is 11.8 Å². The fourth-order valence-corrected chi connectivity index (χ4v) is 3.17. The predicted octanol–water partition coefficient (Wildman–Crippen LogP) is 4.48. The number of rotatable bonds is 6. The van der Waals surface area contributed by atoms with E-state index in [1.54, 1.807) is 71.7 Å². The summed E-state index contributed by atoms with van der Waals surface area (Å²) in [5.41, 5.74) is 0.675. The lowest BCUT2D eigenvalue weighted by Gasteiger charge is -2.09. The molecule has 1 amide bonds. The minimum atomic E-state index is -0.192. The number of carbonyl (C=O) groups excluding carboxylic acids is 1. The molecule has 3 heterocycles. The van der Waals surface area contributed by atoms with Crippen LogP contribution in [0.2, 0.25) is 0 Å². The largest absolute Gasteiger partial charge is 0.439 e. The number of carbonyl (C=O) groups is 1. The molecule has 4 aromatic rings. The molecule has 144 valence electrons. The summed E-state index contributed by atoms with van der Waals surface area (Å²) in [6.07, 6.45) is 6.78. The molecule has 1 aromatic carbocycles. The van der Waals surface area contributed by atoms with Crippen molar-refractivity contribution in [2.24, 2.45) is 0 Å². The predicted molar refractivity (Wildman–Crippen MR) is 112 cm³/mol. The quantitative estimate of drug-likeness (QED) is 0.480. The maximum atomic E-state index is 12.0. The van der Waals surface area contributed by atoms with E-state index in [1.165, 1.54) is 6.08 Å². The topological polar surface area (TPSA) is 81.9 Å². The molecule has 0 bridgehead atoms. The van der Waals surface area contributed by atoms with Crippen LogP contribution >= 0.6 is 11.3 Å². The summed E-state index contributed by atoms with van der Waals surface area (Å²) < 4.78 is 7.48. The van der Waals surface area contributed by atoms with Gasteiger partial charge in [-0.3, -0.25) is 4.79 Å². The Morgan fingerprint density at radius 1 is 1.17 bits per heavy atom. The van der Waals surface area contributed by atoms with E-state index in [9.17, 15) is 4.79 Å². The van der Waals surface area contributed by atoms with E-state index in [2.05, 4.69) is 20.4 Å². The Morgan fingerprint density at radius 2 is 2.03 bits per heavy atom. The zero-order valence-electron chi connectivity index (χ0n) is 15.5. The number of nitrogens with zero attached hydrogens (tertiary/aromatic N) is 4. The van der Waals surface area contributed by atoms with Crippen LogP contribution in [0.4, 0.5) is 5.69 Å². The number of benzene rings is 1. The van der Waals surface area contributed by atoms with Crippen LogP contribution in [0.25, 0.3) is 11.9 Å². The van der Waals surface area contributed by atoms with E-state index in [0.717, 1.165) is 4.88 Å². The molecule has 3 aromatic heterocycles. The molecule has 0 aliphatic carbocycles. The van der Waals surface area contributed by atoms with Crippen LogP contribution in [-0.2, 0) is 4.79 Å². The summed E-state index contributed by atoms with van der Waals surface area (Å²) >= 11 is 1.58. The molecule has 0 aliphatic heterocycles. The van der Waals surface area contributed by atoms with Crippen molar-refractivity contribution in [3.8, 4) is 17.4 Å². The molecular formula is C21H17N5O2S. The fraction of sp³-hybridized carbons (Fsp3) is 0.0476. The first kappa shape index (κ1) is 18.6. The normalized spacial score (nSPS) is 10.9. The number of thiophene rings is 1. The molecule has 0 radical (unpaired) electrons. The average Bonchev–Trinajstić information content (AvgIpc) is 3.42. The van der Waals surface area contributed by atoms with Crippen molar-refractivity contribution in [3.05, 3.63) is 83.1 Å². The van der Waals surface area contributed by atoms with Crippen LogP contribution in [0.3, 0.4) is 0 Å². The maximum Gasteiger partial charge on any atom is 0.248 e. The molecule has 0 atom stereocenters. The van der Waals surface area contributed by atoms with Gasteiger partial charge in [0.25, 0.3) is 0 Å². The fourth-order valence-electron chi connectivity index (χ4n) is 2.55. The van der Waals surface area contributed by atoms with Crippen molar-refractivity contribution in [3.63, 3.8) is 0 Å². The van der Waals surface area contributed by atoms with Gasteiger partial charge in [0.15, 0.2) is 5.82 Å². The van der Waals surface area contributed by atoms with Crippen LogP contribution in [-0.4, -0.2) is 25.7 Å². The summed E-state index contributed by atoms with van der Waals surface area (Å²) in [6, 6.07) is 14.5. The van der Waals surface area contributed by atoms with Gasteiger partial charge in [-0.15, -0.1) is 11.3 Å². The molecule has 1 N–H and O–H groups in total. The van der Waals surface area contributed by atoms with Crippen LogP contribution in [0.5, 0.6) is 11.6 Å². The highest BCUT2D eigenvalue weighted by Crippen LogP contribution is 2.23. The number of ether oxygens (including phenoxy) is 1. The number of amides is 1. The highest BCUT2D eigenvalue weighted by Gasteiger charge is 2.07. The molecule has 0 spiro atoms. The second kappa shape index (κ2) is 8.49. The van der Waals surface area contributed by atoms with Gasteiger partial charge in [0.1, 0.15) is 11.6 Å². The van der Waals surface area contributed by atoms with Crippen LogP contribution in [0.15, 0.2) is 72.4 Å². The minimum absolute atomic E-state index is 0.192. The van der Waals surface area contributed by atoms with E-state index in [0.29, 0.717) is 29.0 Å². The Morgan fingerprint density at radius 3 is 2.76 bits per heavy atom. The molecule has 0 aliphatic rings. The van der Waals surface area contributed by atoms with E-state index >= 15 is 0 Å². The maximum absolute atomic E-state index is 12.0. The summed E-state index contributed by atoms with van der Waals surface area (Å²) in [6.45, 7) is 1.79. The third-order valence-electron chi connectivity index (χ3n) is 3.83. The molecule has 0 fully saturated rings. The van der Waals surface area contributed by atoms with Crippen LogP contribution < -0.4 is 10.1 Å². The van der Waals surface area contributed by atoms with Gasteiger partial charge in [-0.1, -0.05) is 6.07 Å². The number of anilines is 1. The average molecular weight is 403 g/mol. The van der Waals surface area contributed by atoms with Crippen molar-refractivity contribution in [1.82, 2.24) is 19.7 Å². The van der Waals surface area contributed by atoms with Gasteiger partial charge in [-0.2, -0.15) is 10.1 Å². The van der Waals surface area contributed by atoms with Crippen molar-refractivity contribution in [2.75, 3.05) is 5.32 Å². The van der Waals surface area contributed by atoms with Crippen LogP contribution in [0.1, 0.15) is 10.7 Å². The Labute approximate surface area is 171 Å². The van der Waals surface area contributed by atoms with Crippen molar-refractivity contribution >= 4 is 29.0 Å². The Hall–Kier alpha value is -3.78. The highest BCUT2D eigenvalue weighted by atomic mass is 32.1. The zero-order valence-corrected chi connectivity index (χ0v) is 16.3. The van der Waals surface area contributed by atoms with Crippen molar-refractivity contribution in [1.29, 1.82) is 0 Å². The molecule has 4 rings (SSSR count). The van der Waals surface area contributed by atoms with Gasteiger partial charge < -0.3 is 10.1 Å². The molecule has 0 saturated heterocycles. The van der Waals surface area contributed by atoms with E-state index in [4.69, 9.17) is 4.74 Å². The number of hydrogen-bond acceptors (Lipinski definition) is 6. The summed E-state index contributed by atoms with van der Waals surface area (Å²) in [4.78, 5) is 21.7. The molecular weight excluding hydrogens is 386 g/mol. The molecule has 0 unspecified atom stereocenters.